The zero-order valence-electron chi connectivity index (χ0n) is 12.0. The molecule has 0 aliphatic carbocycles. The maximum absolute atomic E-state index is 11.1. The van der Waals surface area contributed by atoms with Crippen LogP contribution < -0.4 is 0 Å². The molecule has 110 valence electrons. The van der Waals surface area contributed by atoms with E-state index in [0.29, 0.717) is 12.8 Å². The molecule has 0 aliphatic rings. The van der Waals surface area contributed by atoms with E-state index >= 15 is 0 Å². The number of hydrogen-bond donors (Lipinski definition) is 2. The molecule has 4 heteroatoms. The zero-order valence-corrected chi connectivity index (χ0v) is 12.0. The number of carbonyl (C=O) groups is 2. The lowest BCUT2D eigenvalue weighted by Crippen LogP contribution is -2.29. The second-order valence-corrected chi connectivity index (χ2v) is 4.86. The third kappa shape index (κ3) is 7.65. The summed E-state index contributed by atoms with van der Waals surface area (Å²) in [5.74, 6) is -3.50. The summed E-state index contributed by atoms with van der Waals surface area (Å²) in [6.07, 6.45) is 9.98. The second-order valence-electron chi connectivity index (χ2n) is 4.86. The van der Waals surface area contributed by atoms with Crippen LogP contribution in [0.1, 0.15) is 58.8 Å². The third-order valence-corrected chi connectivity index (χ3v) is 3.43. The predicted octanol–water partition coefficient (Wildman–Crippen LogP) is 3.71. The Kier molecular flexibility index (Phi) is 9.85. The Morgan fingerprint density at radius 2 is 1.58 bits per heavy atom. The summed E-state index contributed by atoms with van der Waals surface area (Å²) < 4.78 is 0. The van der Waals surface area contributed by atoms with E-state index in [1.807, 2.05) is 13.0 Å². The number of allylic oxidation sites excluding steroid dienone is 2. The van der Waals surface area contributed by atoms with Gasteiger partial charge in [-0.15, -0.1) is 0 Å². The monoisotopic (exact) mass is 270 g/mol. The largest absolute Gasteiger partial charge is 0.481 e. The predicted molar refractivity (Wildman–Crippen MR) is 75.1 cm³/mol. The van der Waals surface area contributed by atoms with Crippen LogP contribution in [0, 0.1) is 11.8 Å². The summed E-state index contributed by atoms with van der Waals surface area (Å²) in [4.78, 5) is 22.1. The molecule has 0 saturated heterocycles. The molecule has 0 bridgehead atoms. The molecular formula is C15H26O4. The highest BCUT2D eigenvalue weighted by Gasteiger charge is 2.31. The molecule has 0 aromatic heterocycles. The van der Waals surface area contributed by atoms with Gasteiger partial charge in [0.1, 0.15) is 0 Å². The molecule has 4 nitrogen and oxygen atoms in total. The molecule has 0 fully saturated rings. The van der Waals surface area contributed by atoms with Crippen molar-refractivity contribution in [3.05, 3.63) is 12.2 Å². The minimum absolute atomic E-state index is 0.369. The Morgan fingerprint density at radius 3 is 2.05 bits per heavy atom. The van der Waals surface area contributed by atoms with Gasteiger partial charge >= 0.3 is 11.9 Å². The van der Waals surface area contributed by atoms with Gasteiger partial charge in [0, 0.05) is 0 Å². The summed E-state index contributed by atoms with van der Waals surface area (Å²) in [5.41, 5.74) is 0. The van der Waals surface area contributed by atoms with E-state index < -0.39 is 23.8 Å². The Balaban J connectivity index is 4.02. The van der Waals surface area contributed by atoms with Gasteiger partial charge in [-0.25, -0.2) is 0 Å². The van der Waals surface area contributed by atoms with Crippen LogP contribution in [0.5, 0.6) is 0 Å². The minimum atomic E-state index is -0.997. The van der Waals surface area contributed by atoms with Crippen molar-refractivity contribution in [2.75, 3.05) is 0 Å². The van der Waals surface area contributed by atoms with E-state index in [0.717, 1.165) is 32.1 Å². The maximum Gasteiger partial charge on any atom is 0.307 e. The Hall–Kier alpha value is -1.32. The van der Waals surface area contributed by atoms with Crippen molar-refractivity contribution in [3.8, 4) is 0 Å². The molecule has 2 N–H and O–H groups in total. The van der Waals surface area contributed by atoms with Crippen LogP contribution in [0.3, 0.4) is 0 Å². The molecule has 0 aliphatic heterocycles. The zero-order chi connectivity index (χ0) is 14.7. The van der Waals surface area contributed by atoms with Crippen molar-refractivity contribution in [1.82, 2.24) is 0 Å². The molecule has 0 amide bonds. The van der Waals surface area contributed by atoms with E-state index in [9.17, 15) is 9.59 Å². The van der Waals surface area contributed by atoms with Gasteiger partial charge in [-0.1, -0.05) is 38.3 Å². The van der Waals surface area contributed by atoms with Crippen LogP contribution in [-0.4, -0.2) is 22.2 Å². The van der Waals surface area contributed by atoms with Crippen molar-refractivity contribution in [1.29, 1.82) is 0 Å². The Bertz CT molecular complexity index is 297. The lowest BCUT2D eigenvalue weighted by atomic mass is 9.86. The first-order valence-electron chi connectivity index (χ1n) is 7.11. The van der Waals surface area contributed by atoms with Gasteiger partial charge in [0.25, 0.3) is 0 Å². The number of carboxylic acids is 2. The smallest absolute Gasteiger partial charge is 0.307 e. The highest BCUT2D eigenvalue weighted by atomic mass is 16.4. The normalized spacial score (nSPS) is 14.4. The Morgan fingerprint density at radius 1 is 1.00 bits per heavy atom. The first-order valence-corrected chi connectivity index (χ1v) is 7.11. The topological polar surface area (TPSA) is 74.6 Å². The summed E-state index contributed by atoms with van der Waals surface area (Å²) in [6, 6.07) is 0. The Labute approximate surface area is 115 Å². The first kappa shape index (κ1) is 17.7. The van der Waals surface area contributed by atoms with Crippen molar-refractivity contribution in [3.63, 3.8) is 0 Å². The van der Waals surface area contributed by atoms with Gasteiger partial charge in [-0.3, -0.25) is 9.59 Å². The van der Waals surface area contributed by atoms with E-state index in [4.69, 9.17) is 10.2 Å². The lowest BCUT2D eigenvalue weighted by molar-refractivity contribution is -0.154. The molecule has 0 rings (SSSR count). The van der Waals surface area contributed by atoms with Crippen LogP contribution in [0.2, 0.25) is 0 Å². The molecule has 2 unspecified atom stereocenters. The second kappa shape index (κ2) is 10.6. The van der Waals surface area contributed by atoms with Crippen molar-refractivity contribution in [2.24, 2.45) is 11.8 Å². The van der Waals surface area contributed by atoms with Crippen LogP contribution in [0.25, 0.3) is 0 Å². The average molecular weight is 270 g/mol. The SMILES string of the molecule is C/C=C/CCCCCCC(C(=O)O)C(CC)C(=O)O. The fourth-order valence-corrected chi connectivity index (χ4v) is 2.27. The minimum Gasteiger partial charge on any atom is -0.481 e. The number of carboxylic acid groups (broad SMARTS) is 2. The van der Waals surface area contributed by atoms with E-state index in [1.165, 1.54) is 0 Å². The van der Waals surface area contributed by atoms with E-state index in [-0.39, 0.29) is 0 Å². The highest BCUT2D eigenvalue weighted by molar-refractivity contribution is 5.79. The van der Waals surface area contributed by atoms with Gasteiger partial charge in [0.05, 0.1) is 11.8 Å². The fourth-order valence-electron chi connectivity index (χ4n) is 2.27. The summed E-state index contributed by atoms with van der Waals surface area (Å²) in [7, 11) is 0. The molecular weight excluding hydrogens is 244 g/mol. The van der Waals surface area contributed by atoms with E-state index in [2.05, 4.69) is 6.08 Å². The van der Waals surface area contributed by atoms with Crippen LogP contribution in [0.4, 0.5) is 0 Å². The van der Waals surface area contributed by atoms with Crippen molar-refractivity contribution in [2.45, 2.75) is 58.8 Å². The quantitative estimate of drug-likeness (QED) is 0.443. The number of unbranched alkanes of at least 4 members (excludes halogenated alkanes) is 4. The molecule has 0 spiro atoms. The lowest BCUT2D eigenvalue weighted by Gasteiger charge is -2.18. The average Bonchev–Trinajstić information content (AvgIpc) is 2.35. The molecule has 19 heavy (non-hydrogen) atoms. The van der Waals surface area contributed by atoms with Crippen molar-refractivity contribution < 1.29 is 19.8 Å². The number of rotatable bonds is 11. The van der Waals surface area contributed by atoms with Gasteiger partial charge in [-0.2, -0.15) is 0 Å². The fraction of sp³-hybridized carbons (Fsp3) is 0.733. The molecule has 2 atom stereocenters. The molecule has 0 radical (unpaired) electrons. The highest BCUT2D eigenvalue weighted by Crippen LogP contribution is 2.23. The molecule has 0 aromatic rings. The van der Waals surface area contributed by atoms with E-state index in [1.54, 1.807) is 6.92 Å². The van der Waals surface area contributed by atoms with Gasteiger partial charge in [-0.05, 0) is 32.6 Å². The third-order valence-electron chi connectivity index (χ3n) is 3.43. The van der Waals surface area contributed by atoms with Gasteiger partial charge < -0.3 is 10.2 Å². The van der Waals surface area contributed by atoms with Crippen LogP contribution in [-0.2, 0) is 9.59 Å². The van der Waals surface area contributed by atoms with Crippen LogP contribution in [0.15, 0.2) is 12.2 Å². The summed E-state index contributed by atoms with van der Waals surface area (Å²) in [5, 5.41) is 18.1. The summed E-state index contributed by atoms with van der Waals surface area (Å²) in [6.45, 7) is 3.72. The number of hydrogen-bond acceptors (Lipinski definition) is 2. The van der Waals surface area contributed by atoms with Gasteiger partial charge in [0.15, 0.2) is 0 Å². The standard InChI is InChI=1S/C15H26O4/c1-3-5-6-7-8-9-10-11-13(15(18)19)12(4-2)14(16)17/h3,5,12-13H,4,6-11H2,1-2H3,(H,16,17)(H,18,19)/b5-3+. The van der Waals surface area contributed by atoms with Gasteiger partial charge in [0.2, 0.25) is 0 Å². The molecule has 0 heterocycles. The molecule has 0 aromatic carbocycles. The molecule has 0 saturated carbocycles. The van der Waals surface area contributed by atoms with Crippen LogP contribution >= 0.6 is 0 Å². The first-order chi connectivity index (χ1) is 9.04. The summed E-state index contributed by atoms with van der Waals surface area (Å²) >= 11 is 0. The number of aliphatic carboxylic acids is 2. The van der Waals surface area contributed by atoms with Crippen molar-refractivity contribution >= 4 is 11.9 Å². The maximum atomic E-state index is 11.1.